The lowest BCUT2D eigenvalue weighted by Gasteiger charge is -2.23. The second-order valence-electron chi connectivity index (χ2n) is 6.66. The number of anilines is 1. The molecule has 0 saturated heterocycles. The molecule has 2 aromatic carbocycles. The molecule has 0 atom stereocenters. The number of hydrogen-bond acceptors (Lipinski definition) is 4. The normalized spacial score (nSPS) is 14.9. The number of carbonyl (C=O) groups is 1. The highest BCUT2D eigenvalue weighted by molar-refractivity contribution is 6.34. The van der Waals surface area contributed by atoms with Gasteiger partial charge in [-0.15, -0.1) is 0 Å². The molecule has 1 heterocycles. The zero-order chi connectivity index (χ0) is 21.0. The smallest absolute Gasteiger partial charge is 0.363 e. The topological polar surface area (TPSA) is 41.9 Å². The van der Waals surface area contributed by atoms with Crippen LogP contribution >= 0.6 is 11.6 Å². The number of carbonyl (C=O) groups excluding carboxylic acids is 1. The third-order valence-corrected chi connectivity index (χ3v) is 4.72. The van der Waals surface area contributed by atoms with Crippen molar-refractivity contribution in [2.24, 2.45) is 4.99 Å². The molecule has 1 aliphatic rings. The molecule has 0 unspecified atom stereocenters. The van der Waals surface area contributed by atoms with Crippen molar-refractivity contribution in [3.05, 3.63) is 69.9 Å². The van der Waals surface area contributed by atoms with Crippen molar-refractivity contribution >= 4 is 35.2 Å². The van der Waals surface area contributed by atoms with Crippen molar-refractivity contribution in [1.82, 2.24) is 0 Å². The van der Waals surface area contributed by atoms with Gasteiger partial charge in [-0.25, -0.2) is 18.6 Å². The molecule has 152 valence electrons. The minimum absolute atomic E-state index is 0.0208. The molecule has 0 amide bonds. The van der Waals surface area contributed by atoms with Gasteiger partial charge in [0.05, 0.1) is 10.6 Å². The molecular formula is C22H21ClF2N2O2. The predicted molar refractivity (Wildman–Crippen MR) is 111 cm³/mol. The molecule has 0 bridgehead atoms. The lowest BCUT2D eigenvalue weighted by molar-refractivity contribution is -0.129. The molecule has 1 aliphatic heterocycles. The molecule has 4 nitrogen and oxygen atoms in total. The fraction of sp³-hybridized carbons (Fsp3) is 0.273. The van der Waals surface area contributed by atoms with Crippen molar-refractivity contribution in [3.63, 3.8) is 0 Å². The predicted octanol–water partition coefficient (Wildman–Crippen LogP) is 5.59. The Morgan fingerprint density at radius 3 is 2.31 bits per heavy atom. The van der Waals surface area contributed by atoms with Gasteiger partial charge in [-0.1, -0.05) is 37.6 Å². The Morgan fingerprint density at radius 1 is 1.07 bits per heavy atom. The number of cyclic esters (lactones) is 1. The summed E-state index contributed by atoms with van der Waals surface area (Å²) in [5.41, 5.74) is 1.97. The summed E-state index contributed by atoms with van der Waals surface area (Å²) in [5, 5.41) is -0.0898. The van der Waals surface area contributed by atoms with E-state index in [1.165, 1.54) is 0 Å². The van der Waals surface area contributed by atoms with E-state index in [0.29, 0.717) is 0 Å². The number of nitrogens with zero attached hydrogens (tertiary/aromatic N) is 2. The summed E-state index contributed by atoms with van der Waals surface area (Å²) in [6, 6.07) is 9.46. The Morgan fingerprint density at radius 2 is 1.69 bits per heavy atom. The standard InChI is InChI=1S/C22H21ClF2N2O2/c1-3-9-27(10-4-2)15-7-5-14(6-8-15)11-20-22(28)29-21(26-20)16-12-18(24)19(25)13-17(16)23/h5-8,11-13H,3-4,9-10H2,1-2H3. The molecule has 0 aromatic heterocycles. The van der Waals surface area contributed by atoms with E-state index in [9.17, 15) is 13.6 Å². The summed E-state index contributed by atoms with van der Waals surface area (Å²) >= 11 is 5.93. The Bertz CT molecular complexity index is 966. The van der Waals surface area contributed by atoms with E-state index in [2.05, 4.69) is 23.7 Å². The highest BCUT2D eigenvalue weighted by Crippen LogP contribution is 2.26. The Hall–Kier alpha value is -2.73. The first-order valence-corrected chi connectivity index (χ1v) is 9.83. The van der Waals surface area contributed by atoms with Gasteiger partial charge in [0.1, 0.15) is 0 Å². The lowest BCUT2D eigenvalue weighted by atomic mass is 10.1. The number of halogens is 3. The SMILES string of the molecule is CCCN(CCC)c1ccc(C=C2N=C(c3cc(F)c(F)cc3Cl)OC2=O)cc1. The van der Waals surface area contributed by atoms with Crippen molar-refractivity contribution in [3.8, 4) is 0 Å². The second kappa shape index (κ2) is 9.18. The minimum Gasteiger partial charge on any atom is -0.402 e. The Kier molecular flexibility index (Phi) is 6.64. The number of rotatable bonds is 7. The van der Waals surface area contributed by atoms with Gasteiger partial charge in [-0.3, -0.25) is 0 Å². The van der Waals surface area contributed by atoms with E-state index in [1.807, 2.05) is 24.3 Å². The van der Waals surface area contributed by atoms with Gasteiger partial charge in [0.2, 0.25) is 5.90 Å². The zero-order valence-electron chi connectivity index (χ0n) is 16.2. The van der Waals surface area contributed by atoms with Crippen LogP contribution in [0.25, 0.3) is 6.08 Å². The van der Waals surface area contributed by atoms with Crippen molar-refractivity contribution in [2.45, 2.75) is 26.7 Å². The van der Waals surface area contributed by atoms with Crippen LogP contribution in [0.5, 0.6) is 0 Å². The number of ether oxygens (including phenoxy) is 1. The zero-order valence-corrected chi connectivity index (χ0v) is 17.0. The summed E-state index contributed by atoms with van der Waals surface area (Å²) in [7, 11) is 0. The van der Waals surface area contributed by atoms with Crippen LogP contribution in [0.1, 0.15) is 37.8 Å². The number of hydrogen-bond donors (Lipinski definition) is 0. The number of benzene rings is 2. The van der Waals surface area contributed by atoms with Crippen LogP contribution in [0.2, 0.25) is 5.02 Å². The molecule has 2 aromatic rings. The van der Waals surface area contributed by atoms with Crippen LogP contribution in [0.3, 0.4) is 0 Å². The quantitative estimate of drug-likeness (QED) is 0.334. The van der Waals surface area contributed by atoms with E-state index in [1.54, 1.807) is 6.08 Å². The minimum atomic E-state index is -1.10. The van der Waals surface area contributed by atoms with Gasteiger partial charge in [0, 0.05) is 18.8 Å². The number of esters is 1. The third kappa shape index (κ3) is 4.82. The summed E-state index contributed by atoms with van der Waals surface area (Å²) in [6.07, 6.45) is 3.69. The third-order valence-electron chi connectivity index (χ3n) is 4.41. The first-order valence-electron chi connectivity index (χ1n) is 9.45. The molecule has 0 spiro atoms. The van der Waals surface area contributed by atoms with E-state index in [-0.39, 0.29) is 22.2 Å². The van der Waals surface area contributed by atoms with E-state index in [4.69, 9.17) is 16.3 Å². The highest BCUT2D eigenvalue weighted by atomic mass is 35.5. The maximum atomic E-state index is 13.5. The van der Waals surface area contributed by atoms with Crippen molar-refractivity contribution < 1.29 is 18.3 Å². The molecule has 7 heteroatoms. The average Bonchev–Trinajstić information content (AvgIpc) is 3.05. The molecule has 0 fully saturated rings. The maximum absolute atomic E-state index is 13.5. The molecule has 0 saturated carbocycles. The summed E-state index contributed by atoms with van der Waals surface area (Å²) in [4.78, 5) is 18.6. The number of aliphatic imine (C=N–C) groups is 1. The Balaban J connectivity index is 1.85. The summed E-state index contributed by atoms with van der Waals surface area (Å²) in [5.74, 6) is -3.01. The van der Waals surface area contributed by atoms with Crippen molar-refractivity contribution in [1.29, 1.82) is 0 Å². The molecule has 29 heavy (non-hydrogen) atoms. The van der Waals surface area contributed by atoms with Crippen LogP contribution in [0.4, 0.5) is 14.5 Å². The van der Waals surface area contributed by atoms with Crippen LogP contribution in [0, 0.1) is 11.6 Å². The Labute approximate surface area is 173 Å². The van der Waals surface area contributed by atoms with Gasteiger partial charge in [-0.2, -0.15) is 0 Å². The molecule has 0 aliphatic carbocycles. The first kappa shape index (κ1) is 21.0. The largest absolute Gasteiger partial charge is 0.402 e. The van der Waals surface area contributed by atoms with Crippen LogP contribution < -0.4 is 4.90 Å². The fourth-order valence-electron chi connectivity index (χ4n) is 3.06. The van der Waals surface area contributed by atoms with Gasteiger partial charge < -0.3 is 9.64 Å². The molecule has 0 radical (unpaired) electrons. The van der Waals surface area contributed by atoms with E-state index in [0.717, 1.165) is 49.3 Å². The summed E-state index contributed by atoms with van der Waals surface area (Å²) < 4.78 is 31.9. The summed E-state index contributed by atoms with van der Waals surface area (Å²) in [6.45, 7) is 6.23. The van der Waals surface area contributed by atoms with Gasteiger partial charge in [-0.05, 0) is 48.7 Å². The van der Waals surface area contributed by atoms with Gasteiger partial charge >= 0.3 is 5.97 Å². The molecular weight excluding hydrogens is 398 g/mol. The van der Waals surface area contributed by atoms with Gasteiger partial charge in [0.25, 0.3) is 0 Å². The van der Waals surface area contributed by atoms with Gasteiger partial charge in [0.15, 0.2) is 17.3 Å². The lowest BCUT2D eigenvalue weighted by Crippen LogP contribution is -2.24. The van der Waals surface area contributed by atoms with Crippen LogP contribution in [-0.2, 0) is 9.53 Å². The molecule has 0 N–H and O–H groups in total. The van der Waals surface area contributed by atoms with Crippen LogP contribution in [0.15, 0.2) is 47.1 Å². The average molecular weight is 419 g/mol. The first-order chi connectivity index (χ1) is 13.9. The maximum Gasteiger partial charge on any atom is 0.363 e. The van der Waals surface area contributed by atoms with Crippen LogP contribution in [-0.4, -0.2) is 25.0 Å². The van der Waals surface area contributed by atoms with Crippen molar-refractivity contribution in [2.75, 3.05) is 18.0 Å². The second-order valence-corrected chi connectivity index (χ2v) is 7.07. The fourth-order valence-corrected chi connectivity index (χ4v) is 3.29. The monoisotopic (exact) mass is 418 g/mol. The highest BCUT2D eigenvalue weighted by Gasteiger charge is 2.26. The van der Waals surface area contributed by atoms with E-state index < -0.39 is 17.6 Å². The van der Waals surface area contributed by atoms with E-state index >= 15 is 0 Å². The molecule has 3 rings (SSSR count).